The van der Waals surface area contributed by atoms with Gasteiger partial charge in [-0.05, 0) is 76.7 Å². The predicted octanol–water partition coefficient (Wildman–Crippen LogP) is 7.98. The Hall–Kier alpha value is -5.59. The molecule has 3 amide bonds. The molecule has 4 aliphatic rings. The molecule has 5 atom stereocenters. The number of methoxy groups -OCH3 is 1. The number of hydrazone groups is 1. The lowest BCUT2D eigenvalue weighted by atomic mass is 9.82. The number of aliphatic hydroxyl groups excluding tert-OH is 1. The van der Waals surface area contributed by atoms with Crippen LogP contribution in [0.25, 0.3) is 0 Å². The van der Waals surface area contributed by atoms with Crippen LogP contribution in [0.4, 0.5) is 11.4 Å². The number of nitrogens with zero attached hydrogens (tertiary/aromatic N) is 4. The van der Waals surface area contributed by atoms with Crippen molar-refractivity contribution in [3.8, 4) is 5.75 Å². The highest BCUT2D eigenvalue weighted by Crippen LogP contribution is 2.60. The first-order valence-electron chi connectivity index (χ1n) is 21.4. The van der Waals surface area contributed by atoms with Crippen LogP contribution in [0, 0.1) is 5.92 Å². The molecule has 12 heteroatoms. The van der Waals surface area contributed by atoms with Gasteiger partial charge in [-0.25, -0.2) is 5.01 Å². The van der Waals surface area contributed by atoms with Crippen molar-refractivity contribution in [1.82, 2.24) is 4.90 Å². The van der Waals surface area contributed by atoms with Crippen molar-refractivity contribution in [3.05, 3.63) is 154 Å². The van der Waals surface area contributed by atoms with Crippen LogP contribution in [0.2, 0.25) is 23.7 Å². The summed E-state index contributed by atoms with van der Waals surface area (Å²) in [6, 6.07) is 38.9. The molecule has 4 heterocycles. The molecular formula is C50H51ClN4O6Si. The number of halogens is 1. The molecule has 5 aromatic rings. The number of carbonyl (C=O) groups is 3. The molecule has 4 aliphatic heterocycles. The van der Waals surface area contributed by atoms with Gasteiger partial charge < -0.3 is 24.4 Å². The topological polar surface area (TPSA) is 112 Å². The van der Waals surface area contributed by atoms with Gasteiger partial charge in [-0.3, -0.25) is 14.4 Å². The van der Waals surface area contributed by atoms with Crippen molar-refractivity contribution in [2.75, 3.05) is 23.6 Å². The van der Waals surface area contributed by atoms with Crippen molar-refractivity contribution in [3.63, 3.8) is 0 Å². The van der Waals surface area contributed by atoms with Gasteiger partial charge in [0.25, 0.3) is 5.91 Å². The SMILES string of the molecule is COc1ccc([Si](C)(C)[C@H]2[C@H](CC(=O)N3Cc4ccccc4C[C@H]3CO)O[C@@]3(C(=O)N(Cc4ccc(N5N=C(c6ccccc6)CCC5=O)cc4)c4ccc(Cl)cc43)[C@@H]2C)cc1. The van der Waals surface area contributed by atoms with Crippen molar-refractivity contribution in [2.45, 2.75) is 82.1 Å². The molecule has 0 aliphatic carbocycles. The number of fused-ring (bicyclic) bond motifs is 3. The van der Waals surface area contributed by atoms with Crippen molar-refractivity contribution >= 4 is 59.7 Å². The molecule has 0 saturated carbocycles. The van der Waals surface area contributed by atoms with Gasteiger partial charge in [0, 0.05) is 35.9 Å². The quantitative estimate of drug-likeness (QED) is 0.143. The molecule has 62 heavy (non-hydrogen) atoms. The number of carbonyl (C=O) groups excluding carboxylic acids is 3. The van der Waals surface area contributed by atoms with Crippen LogP contribution < -0.4 is 19.8 Å². The number of amides is 3. The van der Waals surface area contributed by atoms with Crippen molar-refractivity contribution in [2.24, 2.45) is 11.0 Å². The van der Waals surface area contributed by atoms with E-state index in [1.807, 2.05) is 97.1 Å². The molecule has 0 radical (unpaired) electrons. The summed E-state index contributed by atoms with van der Waals surface area (Å²) in [6.07, 6.45) is 0.937. The lowest BCUT2D eigenvalue weighted by molar-refractivity contribution is -0.151. The molecule has 0 aromatic heterocycles. The average molecular weight is 868 g/mol. The Morgan fingerprint density at radius 1 is 0.919 bits per heavy atom. The lowest BCUT2D eigenvalue weighted by Crippen LogP contribution is -2.52. The molecule has 318 valence electrons. The van der Waals surface area contributed by atoms with E-state index in [4.69, 9.17) is 26.2 Å². The Kier molecular flexibility index (Phi) is 11.2. The molecule has 5 aromatic carbocycles. The second kappa shape index (κ2) is 16.6. The van der Waals surface area contributed by atoms with Gasteiger partial charge in [-0.2, -0.15) is 5.10 Å². The molecule has 1 fully saturated rings. The summed E-state index contributed by atoms with van der Waals surface area (Å²) in [5, 5.41) is 18.4. The molecule has 1 spiro atoms. The van der Waals surface area contributed by atoms with Gasteiger partial charge in [0.15, 0.2) is 5.60 Å². The second-order valence-electron chi connectivity index (χ2n) is 17.5. The predicted molar refractivity (Wildman–Crippen MR) is 245 cm³/mol. The van der Waals surface area contributed by atoms with E-state index in [9.17, 15) is 14.7 Å². The first-order chi connectivity index (χ1) is 29.9. The van der Waals surface area contributed by atoms with E-state index in [1.54, 1.807) is 23.0 Å². The Bertz CT molecular complexity index is 2550. The van der Waals surface area contributed by atoms with E-state index in [0.717, 1.165) is 38.9 Å². The second-order valence-corrected chi connectivity index (χ2v) is 22.7. The summed E-state index contributed by atoms with van der Waals surface area (Å²) in [7, 11) is -0.917. The van der Waals surface area contributed by atoms with Crippen LogP contribution in [0.3, 0.4) is 0 Å². The third-order valence-corrected chi connectivity index (χ3v) is 18.3. The highest BCUT2D eigenvalue weighted by Gasteiger charge is 2.66. The van der Waals surface area contributed by atoms with Crippen LogP contribution in [0.1, 0.15) is 54.0 Å². The fourth-order valence-electron chi connectivity index (χ4n) is 10.5. The Labute approximate surface area is 368 Å². The van der Waals surface area contributed by atoms with Crippen LogP contribution in [-0.4, -0.2) is 67.4 Å². The zero-order chi connectivity index (χ0) is 43.3. The highest BCUT2D eigenvalue weighted by molar-refractivity contribution is 6.91. The zero-order valence-electron chi connectivity index (χ0n) is 35.5. The number of benzene rings is 5. The highest BCUT2D eigenvalue weighted by atomic mass is 35.5. The number of aliphatic hydroxyl groups is 1. The third kappa shape index (κ3) is 7.24. The standard InChI is InChI=1S/C50H51ClN4O6Si/c1-32-48(62(3,4)41-21-19-40(60-2)20-22-41)45(28-47(58)53-30-36-13-9-8-12-35(36)26-39(53)31-56)61-50(32)42-27-37(51)16-24-44(42)54(49(50)59)29-33-14-17-38(18-15-33)55-46(57)25-23-43(52-55)34-10-6-5-7-11-34/h5-22,24,27,32,39,45,48,56H,23,25-26,28-31H2,1-4H3/t32-,39+,45+,48-,50+/m1/s1. The van der Waals surface area contributed by atoms with Gasteiger partial charge >= 0.3 is 0 Å². The van der Waals surface area contributed by atoms with Gasteiger partial charge in [0.05, 0.1) is 64.0 Å². The maximum Gasteiger partial charge on any atom is 0.264 e. The van der Waals surface area contributed by atoms with Crippen LogP contribution in [0.5, 0.6) is 5.75 Å². The number of anilines is 2. The van der Waals surface area contributed by atoms with E-state index >= 15 is 4.79 Å². The molecule has 9 rings (SSSR count). The van der Waals surface area contributed by atoms with E-state index < -0.39 is 19.8 Å². The van der Waals surface area contributed by atoms with Gasteiger partial charge in [-0.15, -0.1) is 0 Å². The number of hydrogen-bond donors (Lipinski definition) is 1. The first kappa shape index (κ1) is 41.7. The third-order valence-electron chi connectivity index (χ3n) is 13.7. The maximum atomic E-state index is 15.5. The average Bonchev–Trinajstić information content (AvgIpc) is 3.71. The van der Waals surface area contributed by atoms with Gasteiger partial charge in [0.1, 0.15) is 5.75 Å². The first-order valence-corrected chi connectivity index (χ1v) is 24.8. The number of rotatable bonds is 10. The number of hydrogen-bond acceptors (Lipinski definition) is 7. The van der Waals surface area contributed by atoms with E-state index in [1.165, 1.54) is 5.01 Å². The summed E-state index contributed by atoms with van der Waals surface area (Å²) in [5.74, 6) is 0.0163. The minimum absolute atomic E-state index is 0.0519. The monoisotopic (exact) mass is 866 g/mol. The fourth-order valence-corrected chi connectivity index (χ4v) is 14.7. The number of ether oxygens (including phenoxy) is 2. The molecule has 1 N–H and O–H groups in total. The molecule has 10 nitrogen and oxygen atoms in total. The molecule has 0 unspecified atom stereocenters. The minimum Gasteiger partial charge on any atom is -0.497 e. The maximum absolute atomic E-state index is 15.5. The van der Waals surface area contributed by atoms with Crippen LogP contribution in [0.15, 0.2) is 126 Å². The molecule has 0 bridgehead atoms. The summed E-state index contributed by atoms with van der Waals surface area (Å²) in [5.41, 5.74) is 5.37. The molecule has 1 saturated heterocycles. The lowest BCUT2D eigenvalue weighted by Gasteiger charge is -2.39. The van der Waals surface area contributed by atoms with Gasteiger partial charge in [0.2, 0.25) is 11.8 Å². The van der Waals surface area contributed by atoms with E-state index in [-0.39, 0.29) is 54.8 Å². The molecular weight excluding hydrogens is 816 g/mol. The Balaban J connectivity index is 1.05. The normalized spacial score (nSPS) is 23.4. The van der Waals surface area contributed by atoms with Crippen LogP contribution >= 0.6 is 11.6 Å². The van der Waals surface area contributed by atoms with E-state index in [2.05, 4.69) is 38.2 Å². The summed E-state index contributed by atoms with van der Waals surface area (Å²) < 4.78 is 12.8. The Morgan fingerprint density at radius 3 is 2.34 bits per heavy atom. The minimum atomic E-state index is -2.56. The smallest absolute Gasteiger partial charge is 0.264 e. The Morgan fingerprint density at radius 2 is 1.63 bits per heavy atom. The largest absolute Gasteiger partial charge is 0.497 e. The summed E-state index contributed by atoms with van der Waals surface area (Å²) >= 11 is 6.77. The summed E-state index contributed by atoms with van der Waals surface area (Å²) in [6.45, 7) is 7.17. The van der Waals surface area contributed by atoms with E-state index in [0.29, 0.717) is 47.8 Å². The fraction of sp³-hybridized carbons (Fsp3) is 0.320. The van der Waals surface area contributed by atoms with Crippen molar-refractivity contribution in [1.29, 1.82) is 0 Å². The summed E-state index contributed by atoms with van der Waals surface area (Å²) in [4.78, 5) is 46.8. The van der Waals surface area contributed by atoms with Crippen molar-refractivity contribution < 1.29 is 29.0 Å². The van der Waals surface area contributed by atoms with Gasteiger partial charge in [-0.1, -0.05) is 116 Å². The van der Waals surface area contributed by atoms with Crippen LogP contribution in [-0.2, 0) is 44.2 Å². The zero-order valence-corrected chi connectivity index (χ0v) is 37.2.